The smallest absolute Gasteiger partial charge is 0.406 e. The van der Waals surface area contributed by atoms with Gasteiger partial charge in [-0.1, -0.05) is 30.3 Å². The SMILES string of the molecule is CC(c1cc(Cc2c(O)c3ccccc3oc2=O)ccc1C(=O)[O-])(C(F)(F)F)C(F)(F)F. The summed E-state index contributed by atoms with van der Waals surface area (Å²) >= 11 is 0. The molecule has 0 aliphatic rings. The van der Waals surface area contributed by atoms with Crippen molar-refractivity contribution in [2.75, 3.05) is 0 Å². The monoisotopic (exact) mass is 459 g/mol. The molecule has 5 nitrogen and oxygen atoms in total. The summed E-state index contributed by atoms with van der Waals surface area (Å²) < 4.78 is 86.3. The maximum atomic E-state index is 13.6. The first-order chi connectivity index (χ1) is 14.7. The number of carbonyl (C=O) groups excluding carboxylic acids is 1. The molecule has 11 heteroatoms. The van der Waals surface area contributed by atoms with Crippen molar-refractivity contribution >= 4 is 16.9 Å². The molecule has 32 heavy (non-hydrogen) atoms. The highest BCUT2D eigenvalue weighted by Crippen LogP contribution is 2.52. The summed E-state index contributed by atoms with van der Waals surface area (Å²) in [6.45, 7) is -0.180. The van der Waals surface area contributed by atoms with Gasteiger partial charge in [0, 0.05) is 12.0 Å². The van der Waals surface area contributed by atoms with Gasteiger partial charge in [-0.3, -0.25) is 0 Å². The van der Waals surface area contributed by atoms with Crippen molar-refractivity contribution in [2.24, 2.45) is 0 Å². The third-order valence-electron chi connectivity index (χ3n) is 5.23. The van der Waals surface area contributed by atoms with E-state index >= 15 is 0 Å². The largest absolute Gasteiger partial charge is 0.545 e. The van der Waals surface area contributed by atoms with E-state index in [1.54, 1.807) is 0 Å². The molecule has 1 N–H and O–H groups in total. The fourth-order valence-corrected chi connectivity index (χ4v) is 3.29. The molecule has 170 valence electrons. The van der Waals surface area contributed by atoms with E-state index in [1.807, 2.05) is 0 Å². The predicted octanol–water partition coefficient (Wildman–Crippen LogP) is 3.84. The van der Waals surface area contributed by atoms with Gasteiger partial charge in [0.2, 0.25) is 0 Å². The van der Waals surface area contributed by atoms with Crippen molar-refractivity contribution in [3.05, 3.63) is 75.1 Å². The Kier molecular flexibility index (Phi) is 5.48. The van der Waals surface area contributed by atoms with Crippen molar-refractivity contribution in [1.29, 1.82) is 0 Å². The minimum Gasteiger partial charge on any atom is -0.545 e. The van der Waals surface area contributed by atoms with Crippen molar-refractivity contribution in [2.45, 2.75) is 31.1 Å². The molecule has 0 unspecified atom stereocenters. The fraction of sp³-hybridized carbons (Fsp3) is 0.238. The van der Waals surface area contributed by atoms with E-state index in [-0.39, 0.29) is 23.5 Å². The van der Waals surface area contributed by atoms with Gasteiger partial charge < -0.3 is 19.4 Å². The van der Waals surface area contributed by atoms with E-state index in [0.29, 0.717) is 12.1 Å². The molecule has 0 aliphatic heterocycles. The molecule has 1 aromatic heterocycles. The Morgan fingerprint density at radius 3 is 2.19 bits per heavy atom. The van der Waals surface area contributed by atoms with Gasteiger partial charge in [-0.25, -0.2) is 4.79 Å². The van der Waals surface area contributed by atoms with Crippen LogP contribution in [-0.4, -0.2) is 23.4 Å². The maximum absolute atomic E-state index is 13.6. The zero-order valence-corrected chi connectivity index (χ0v) is 16.1. The van der Waals surface area contributed by atoms with Crippen LogP contribution in [0.3, 0.4) is 0 Å². The fourth-order valence-electron chi connectivity index (χ4n) is 3.29. The quantitative estimate of drug-likeness (QED) is 0.473. The molecule has 1 heterocycles. The van der Waals surface area contributed by atoms with Crippen LogP contribution in [0.1, 0.15) is 34.0 Å². The first-order valence-electron chi connectivity index (χ1n) is 8.90. The molecule has 3 aromatic rings. The molecule has 2 aromatic carbocycles. The molecule has 0 bridgehead atoms. The standard InChI is InChI=1S/C21H14F6O5/c1-19(20(22,23)24,21(25,26)27)14-9-10(6-7-11(14)17(29)30)8-13-16(28)12-4-2-3-5-15(12)32-18(13)31/h2-7,9,28H,8H2,1H3,(H,29,30)/p-1. The Bertz CT molecular complexity index is 1240. The summed E-state index contributed by atoms with van der Waals surface area (Å²) in [6.07, 6.45) is -12.4. The van der Waals surface area contributed by atoms with E-state index in [4.69, 9.17) is 4.42 Å². The van der Waals surface area contributed by atoms with Gasteiger partial charge in [0.25, 0.3) is 0 Å². The lowest BCUT2D eigenvalue weighted by Crippen LogP contribution is -2.52. The minimum atomic E-state index is -5.90. The van der Waals surface area contributed by atoms with Crippen LogP contribution in [0.15, 0.2) is 51.7 Å². The highest BCUT2D eigenvalue weighted by atomic mass is 19.4. The molecule has 0 saturated carbocycles. The second-order valence-corrected chi connectivity index (χ2v) is 7.18. The summed E-state index contributed by atoms with van der Waals surface area (Å²) in [6, 6.07) is 7.66. The van der Waals surface area contributed by atoms with Crippen LogP contribution >= 0.6 is 0 Å². The number of aromatic hydroxyl groups is 1. The van der Waals surface area contributed by atoms with Crippen LogP contribution in [0, 0.1) is 0 Å². The van der Waals surface area contributed by atoms with Crippen molar-refractivity contribution < 1.29 is 45.8 Å². The second-order valence-electron chi connectivity index (χ2n) is 7.18. The number of carboxylic acids is 1. The van der Waals surface area contributed by atoms with E-state index in [0.717, 1.165) is 6.07 Å². The summed E-state index contributed by atoms with van der Waals surface area (Å²) in [5.74, 6) is -2.80. The number of hydrogen-bond acceptors (Lipinski definition) is 5. The normalized spacial score (nSPS) is 12.8. The van der Waals surface area contributed by atoms with Crippen molar-refractivity contribution in [3.63, 3.8) is 0 Å². The predicted molar refractivity (Wildman–Crippen MR) is 97.2 cm³/mol. The molecule has 0 aliphatic carbocycles. The lowest BCUT2D eigenvalue weighted by Gasteiger charge is -2.36. The van der Waals surface area contributed by atoms with Gasteiger partial charge in [-0.05, 0) is 30.2 Å². The lowest BCUT2D eigenvalue weighted by molar-refractivity contribution is -0.297. The third-order valence-corrected chi connectivity index (χ3v) is 5.23. The van der Waals surface area contributed by atoms with E-state index in [1.165, 1.54) is 24.3 Å². The Labute approximate surface area is 175 Å². The van der Waals surface area contributed by atoms with Crippen LogP contribution < -0.4 is 10.7 Å². The van der Waals surface area contributed by atoms with Gasteiger partial charge in [0.15, 0.2) is 5.41 Å². The molecule has 0 atom stereocenters. The summed E-state index contributed by atoms with van der Waals surface area (Å²) in [7, 11) is 0. The van der Waals surface area contributed by atoms with Crippen LogP contribution in [0.5, 0.6) is 5.75 Å². The number of rotatable bonds is 4. The maximum Gasteiger partial charge on any atom is 0.406 e. The lowest BCUT2D eigenvalue weighted by atomic mass is 9.77. The average molecular weight is 459 g/mol. The third kappa shape index (κ3) is 3.67. The Hall–Kier alpha value is -3.50. The zero-order chi connectivity index (χ0) is 24.1. The number of carbonyl (C=O) groups is 1. The number of fused-ring (bicyclic) bond motifs is 1. The Morgan fingerprint density at radius 2 is 1.62 bits per heavy atom. The summed E-state index contributed by atoms with van der Waals surface area (Å²) in [5, 5.41) is 21.8. The number of halogens is 6. The zero-order valence-electron chi connectivity index (χ0n) is 16.1. The highest BCUT2D eigenvalue weighted by molar-refractivity contribution is 5.88. The number of benzene rings is 2. The van der Waals surface area contributed by atoms with Crippen molar-refractivity contribution in [1.82, 2.24) is 0 Å². The molecule has 0 fully saturated rings. The Morgan fingerprint density at radius 1 is 1.03 bits per heavy atom. The second kappa shape index (κ2) is 7.57. The highest BCUT2D eigenvalue weighted by Gasteiger charge is 2.69. The first kappa shape index (κ1) is 23.2. The summed E-state index contributed by atoms with van der Waals surface area (Å²) in [5.41, 5.74) is -9.18. The molecular formula is C21H13F6O5-. The van der Waals surface area contributed by atoms with Crippen LogP contribution in [-0.2, 0) is 11.8 Å². The molecular weight excluding hydrogens is 446 g/mol. The minimum absolute atomic E-state index is 0.0217. The molecule has 3 rings (SSSR count). The number of hydrogen-bond donors (Lipinski definition) is 1. The number of para-hydroxylation sites is 1. The van der Waals surface area contributed by atoms with Crippen LogP contribution in [0.4, 0.5) is 26.3 Å². The van der Waals surface area contributed by atoms with Gasteiger partial charge in [0.05, 0.1) is 16.9 Å². The van der Waals surface area contributed by atoms with E-state index < -0.39 is 58.2 Å². The topological polar surface area (TPSA) is 90.6 Å². The first-order valence-corrected chi connectivity index (χ1v) is 8.90. The molecule has 0 amide bonds. The molecule has 0 radical (unpaired) electrons. The van der Waals surface area contributed by atoms with Gasteiger partial charge in [0.1, 0.15) is 11.3 Å². The van der Waals surface area contributed by atoms with Crippen LogP contribution in [0.2, 0.25) is 0 Å². The van der Waals surface area contributed by atoms with Gasteiger partial charge in [-0.15, -0.1) is 0 Å². The van der Waals surface area contributed by atoms with E-state index in [9.17, 15) is 46.1 Å². The average Bonchev–Trinajstić information content (AvgIpc) is 2.68. The van der Waals surface area contributed by atoms with Crippen molar-refractivity contribution in [3.8, 4) is 5.75 Å². The van der Waals surface area contributed by atoms with Gasteiger partial charge >= 0.3 is 18.0 Å². The number of aromatic carboxylic acids is 1. The molecule has 0 saturated heterocycles. The van der Waals surface area contributed by atoms with Crippen LogP contribution in [0.25, 0.3) is 11.0 Å². The Balaban J connectivity index is 2.23. The van der Waals surface area contributed by atoms with E-state index in [2.05, 4.69) is 0 Å². The van der Waals surface area contributed by atoms with Gasteiger partial charge in [-0.2, -0.15) is 26.3 Å². The molecule has 0 spiro atoms. The summed E-state index contributed by atoms with van der Waals surface area (Å²) in [4.78, 5) is 23.5. The number of alkyl halides is 6. The number of carboxylic acid groups (broad SMARTS) is 1.